The second-order valence-corrected chi connectivity index (χ2v) is 6.22. The first kappa shape index (κ1) is 16.2. The van der Waals surface area contributed by atoms with Crippen LogP contribution in [0, 0.1) is 0 Å². The summed E-state index contributed by atoms with van der Waals surface area (Å²) in [5.74, 6) is 0.0897. The SMILES string of the molecule is Cn1c(=O)n(CC(=O)O)c(=O)c2c1nc1n2CCCN1Cc1ccco1. The number of rotatable bonds is 4. The third-order valence-electron chi connectivity index (χ3n) is 4.53. The highest BCUT2D eigenvalue weighted by molar-refractivity contribution is 5.75. The van der Waals surface area contributed by atoms with Crippen molar-refractivity contribution in [2.45, 2.75) is 26.1 Å². The summed E-state index contributed by atoms with van der Waals surface area (Å²) in [5, 5.41) is 9.00. The molecule has 3 aromatic heterocycles. The van der Waals surface area contributed by atoms with E-state index in [1.165, 1.54) is 11.6 Å². The fourth-order valence-corrected chi connectivity index (χ4v) is 3.35. The van der Waals surface area contributed by atoms with E-state index >= 15 is 0 Å². The van der Waals surface area contributed by atoms with Crippen molar-refractivity contribution in [3.8, 4) is 0 Å². The molecule has 10 heteroatoms. The number of anilines is 1. The molecule has 4 heterocycles. The lowest BCUT2D eigenvalue weighted by Gasteiger charge is -2.28. The van der Waals surface area contributed by atoms with Crippen LogP contribution in [0.3, 0.4) is 0 Å². The molecular weight excluding hydrogens is 342 g/mol. The average Bonchev–Trinajstić information content (AvgIpc) is 3.24. The Balaban J connectivity index is 1.91. The van der Waals surface area contributed by atoms with Gasteiger partial charge in [-0.25, -0.2) is 9.36 Å². The first-order valence-electron chi connectivity index (χ1n) is 8.16. The fourth-order valence-electron chi connectivity index (χ4n) is 3.35. The van der Waals surface area contributed by atoms with Crippen LogP contribution in [0.15, 0.2) is 32.4 Å². The molecule has 26 heavy (non-hydrogen) atoms. The van der Waals surface area contributed by atoms with Crippen molar-refractivity contribution in [1.82, 2.24) is 18.7 Å². The molecule has 1 aliphatic heterocycles. The average molecular weight is 359 g/mol. The van der Waals surface area contributed by atoms with Gasteiger partial charge in [-0.2, -0.15) is 4.98 Å². The lowest BCUT2D eigenvalue weighted by molar-refractivity contribution is -0.137. The van der Waals surface area contributed by atoms with Crippen LogP contribution in [0.25, 0.3) is 11.2 Å². The van der Waals surface area contributed by atoms with Gasteiger partial charge in [0, 0.05) is 20.1 Å². The molecule has 0 bridgehead atoms. The number of nitrogens with zero attached hydrogens (tertiary/aromatic N) is 5. The second kappa shape index (κ2) is 5.90. The van der Waals surface area contributed by atoms with Gasteiger partial charge in [0.15, 0.2) is 11.2 Å². The molecule has 3 aromatic rings. The van der Waals surface area contributed by atoms with Gasteiger partial charge in [0.1, 0.15) is 12.3 Å². The van der Waals surface area contributed by atoms with Gasteiger partial charge >= 0.3 is 11.7 Å². The molecule has 1 N–H and O–H groups in total. The summed E-state index contributed by atoms with van der Waals surface area (Å²) in [6.45, 7) is 1.12. The summed E-state index contributed by atoms with van der Waals surface area (Å²) < 4.78 is 9.09. The van der Waals surface area contributed by atoms with E-state index in [1.807, 2.05) is 11.0 Å². The zero-order valence-corrected chi connectivity index (χ0v) is 14.1. The smallest absolute Gasteiger partial charge is 0.333 e. The van der Waals surface area contributed by atoms with Crippen LogP contribution in [0.2, 0.25) is 0 Å². The number of furan rings is 1. The molecule has 1 aliphatic rings. The Bertz CT molecular complexity index is 1100. The van der Waals surface area contributed by atoms with E-state index in [1.54, 1.807) is 16.9 Å². The minimum Gasteiger partial charge on any atom is -0.480 e. The summed E-state index contributed by atoms with van der Waals surface area (Å²) in [6, 6.07) is 3.66. The number of aliphatic carboxylic acids is 1. The zero-order chi connectivity index (χ0) is 18.4. The molecule has 0 aliphatic carbocycles. The fraction of sp³-hybridized carbons (Fsp3) is 0.375. The third kappa shape index (κ3) is 2.41. The van der Waals surface area contributed by atoms with Crippen LogP contribution < -0.4 is 16.1 Å². The summed E-state index contributed by atoms with van der Waals surface area (Å²) in [6.07, 6.45) is 2.39. The highest BCUT2D eigenvalue weighted by Gasteiger charge is 2.26. The van der Waals surface area contributed by atoms with E-state index in [2.05, 4.69) is 4.98 Å². The largest absolute Gasteiger partial charge is 0.480 e. The highest BCUT2D eigenvalue weighted by Crippen LogP contribution is 2.25. The maximum Gasteiger partial charge on any atom is 0.333 e. The summed E-state index contributed by atoms with van der Waals surface area (Å²) in [7, 11) is 1.48. The molecule has 4 rings (SSSR count). The maximum absolute atomic E-state index is 12.8. The summed E-state index contributed by atoms with van der Waals surface area (Å²) in [5.41, 5.74) is -0.836. The lowest BCUT2D eigenvalue weighted by atomic mass is 10.3. The van der Waals surface area contributed by atoms with Crippen LogP contribution in [-0.2, 0) is 31.5 Å². The number of hydrogen-bond acceptors (Lipinski definition) is 6. The van der Waals surface area contributed by atoms with Crippen molar-refractivity contribution in [2.24, 2.45) is 7.05 Å². The van der Waals surface area contributed by atoms with Gasteiger partial charge in [0.05, 0.1) is 12.8 Å². The second-order valence-electron chi connectivity index (χ2n) is 6.22. The van der Waals surface area contributed by atoms with E-state index in [-0.39, 0.29) is 11.2 Å². The molecule has 0 atom stereocenters. The van der Waals surface area contributed by atoms with Gasteiger partial charge in [-0.3, -0.25) is 14.2 Å². The Morgan fingerprint density at radius 1 is 1.35 bits per heavy atom. The van der Waals surface area contributed by atoms with Crippen LogP contribution in [0.4, 0.5) is 5.95 Å². The number of carbonyl (C=O) groups is 1. The normalized spacial score (nSPS) is 14.0. The van der Waals surface area contributed by atoms with Crippen LogP contribution in [0.5, 0.6) is 0 Å². The van der Waals surface area contributed by atoms with Gasteiger partial charge < -0.3 is 19.0 Å². The lowest BCUT2D eigenvalue weighted by Crippen LogP contribution is -2.41. The predicted octanol–water partition coefficient (Wildman–Crippen LogP) is -0.0154. The number of carboxylic acid groups (broad SMARTS) is 1. The molecule has 10 nitrogen and oxygen atoms in total. The van der Waals surface area contributed by atoms with Crippen LogP contribution in [0.1, 0.15) is 12.2 Å². The van der Waals surface area contributed by atoms with E-state index in [0.717, 1.165) is 23.3 Å². The monoisotopic (exact) mass is 359 g/mol. The predicted molar refractivity (Wildman–Crippen MR) is 91.2 cm³/mol. The number of aromatic nitrogens is 4. The molecule has 0 amide bonds. The molecule has 0 spiro atoms. The molecule has 0 radical (unpaired) electrons. The van der Waals surface area contributed by atoms with Crippen molar-refractivity contribution >= 4 is 23.1 Å². The van der Waals surface area contributed by atoms with Crippen molar-refractivity contribution in [3.05, 3.63) is 45.0 Å². The Kier molecular flexibility index (Phi) is 3.67. The molecule has 0 saturated heterocycles. The van der Waals surface area contributed by atoms with Gasteiger partial charge in [0.2, 0.25) is 5.95 Å². The summed E-state index contributed by atoms with van der Waals surface area (Å²) in [4.78, 5) is 42.7. The maximum atomic E-state index is 12.8. The van der Waals surface area contributed by atoms with Crippen molar-refractivity contribution in [1.29, 1.82) is 0 Å². The van der Waals surface area contributed by atoms with Crippen molar-refractivity contribution < 1.29 is 14.3 Å². The van der Waals surface area contributed by atoms with Gasteiger partial charge in [-0.1, -0.05) is 0 Å². The minimum absolute atomic E-state index is 0.243. The standard InChI is InChI=1S/C16H17N5O5/c1-18-13-12(14(24)21(16(18)25)9-11(22)23)20-6-3-5-19(15(20)17-13)8-10-4-2-7-26-10/h2,4,7H,3,5-6,8-9H2,1H3,(H,22,23). The molecule has 136 valence electrons. The topological polar surface area (TPSA) is 116 Å². The minimum atomic E-state index is -1.25. The number of fused-ring (bicyclic) bond motifs is 3. The van der Waals surface area contributed by atoms with Crippen molar-refractivity contribution in [3.63, 3.8) is 0 Å². The number of hydrogen-bond donors (Lipinski definition) is 1. The Morgan fingerprint density at radius 2 is 2.15 bits per heavy atom. The highest BCUT2D eigenvalue weighted by atomic mass is 16.4. The van der Waals surface area contributed by atoms with Gasteiger partial charge in [-0.05, 0) is 18.6 Å². The number of imidazole rings is 1. The Hall–Kier alpha value is -3.30. The van der Waals surface area contributed by atoms with Gasteiger partial charge in [-0.15, -0.1) is 0 Å². The van der Waals surface area contributed by atoms with E-state index in [4.69, 9.17) is 9.52 Å². The van der Waals surface area contributed by atoms with E-state index in [9.17, 15) is 14.4 Å². The molecule has 0 aromatic carbocycles. The van der Waals surface area contributed by atoms with E-state index in [0.29, 0.717) is 19.0 Å². The molecule has 0 fully saturated rings. The molecular formula is C16H17N5O5. The Morgan fingerprint density at radius 3 is 2.85 bits per heavy atom. The number of carboxylic acids is 1. The number of aryl methyl sites for hydroxylation is 2. The Labute approximate surface area is 146 Å². The molecule has 0 saturated carbocycles. The summed E-state index contributed by atoms with van der Waals surface area (Å²) >= 11 is 0. The third-order valence-corrected chi connectivity index (χ3v) is 4.53. The zero-order valence-electron chi connectivity index (χ0n) is 14.1. The quantitative estimate of drug-likeness (QED) is 0.696. The van der Waals surface area contributed by atoms with Gasteiger partial charge in [0.25, 0.3) is 5.56 Å². The van der Waals surface area contributed by atoms with Crippen LogP contribution in [-0.4, -0.2) is 36.3 Å². The first-order valence-corrected chi connectivity index (χ1v) is 8.16. The van der Waals surface area contributed by atoms with E-state index < -0.39 is 23.8 Å². The van der Waals surface area contributed by atoms with Crippen molar-refractivity contribution in [2.75, 3.05) is 11.4 Å². The molecule has 0 unspecified atom stereocenters. The first-order chi connectivity index (χ1) is 12.5. The van der Waals surface area contributed by atoms with Crippen LogP contribution >= 0.6 is 0 Å².